The van der Waals surface area contributed by atoms with Gasteiger partial charge in [0.05, 0.1) is 34.2 Å². The van der Waals surface area contributed by atoms with E-state index in [9.17, 15) is 18.5 Å². The van der Waals surface area contributed by atoms with Crippen molar-refractivity contribution >= 4 is 33.3 Å². The average molecular weight is 394 g/mol. The number of sulfonamides is 1. The summed E-state index contributed by atoms with van der Waals surface area (Å²) >= 11 is 1.27. The van der Waals surface area contributed by atoms with Crippen molar-refractivity contribution in [3.8, 4) is 0 Å². The number of nitrogens with zero attached hydrogens (tertiary/aromatic N) is 4. The van der Waals surface area contributed by atoms with Gasteiger partial charge in [0.2, 0.25) is 0 Å². The first-order valence-corrected chi connectivity index (χ1v) is 9.73. The van der Waals surface area contributed by atoms with Gasteiger partial charge in [-0.1, -0.05) is 22.7 Å². The van der Waals surface area contributed by atoms with Crippen LogP contribution in [0.4, 0.5) is 5.69 Å². The molecular weight excluding hydrogens is 380 g/mol. The van der Waals surface area contributed by atoms with E-state index in [2.05, 4.69) is 16.6 Å². The fourth-order valence-corrected chi connectivity index (χ4v) is 4.93. The first-order valence-electron chi connectivity index (χ1n) is 7.41. The molecule has 0 N–H and O–H groups in total. The van der Waals surface area contributed by atoms with Crippen molar-refractivity contribution < 1.29 is 18.2 Å². The van der Waals surface area contributed by atoms with Gasteiger partial charge < -0.3 is 0 Å². The lowest BCUT2D eigenvalue weighted by Gasteiger charge is -2.29. The summed E-state index contributed by atoms with van der Waals surface area (Å²) in [6.45, 7) is 3.55. The zero-order valence-corrected chi connectivity index (χ0v) is 15.0. The highest BCUT2D eigenvalue weighted by molar-refractivity contribution is 7.89. The first-order chi connectivity index (χ1) is 12.5. The highest BCUT2D eigenvalue weighted by Crippen LogP contribution is 2.36. The third kappa shape index (κ3) is 3.29. The molecule has 0 fully saturated rings. The number of benzene rings is 1. The summed E-state index contributed by atoms with van der Waals surface area (Å²) in [6, 6.07) is 4.36. The molecule has 26 heavy (non-hydrogen) atoms. The standard InChI is InChI=1S/C15H14N4O5S2/c1-2-7-24-19(13-9-16-8-11-15(13)25-10-17-11)26(22,23)14-6-4-3-5-12(14)18(20)21/h2-6,8,10,13H,1,7,9H2. The highest BCUT2D eigenvalue weighted by Gasteiger charge is 2.40. The van der Waals surface area contributed by atoms with Crippen LogP contribution < -0.4 is 0 Å². The van der Waals surface area contributed by atoms with Gasteiger partial charge in [0, 0.05) is 12.3 Å². The van der Waals surface area contributed by atoms with Gasteiger partial charge in [0.15, 0.2) is 4.90 Å². The Labute approximate surface area is 153 Å². The van der Waals surface area contributed by atoms with Crippen LogP contribution >= 0.6 is 11.3 Å². The predicted molar refractivity (Wildman–Crippen MR) is 95.6 cm³/mol. The minimum atomic E-state index is -4.34. The van der Waals surface area contributed by atoms with Crippen molar-refractivity contribution in [1.29, 1.82) is 0 Å². The summed E-state index contributed by atoms with van der Waals surface area (Å²) in [5.74, 6) is 0. The van der Waals surface area contributed by atoms with Crippen molar-refractivity contribution in [1.82, 2.24) is 9.45 Å². The third-order valence-corrected chi connectivity index (χ3v) is 6.25. The van der Waals surface area contributed by atoms with Crippen LogP contribution in [-0.4, -0.2) is 42.2 Å². The molecule has 1 aromatic carbocycles. The lowest BCUT2D eigenvalue weighted by Crippen LogP contribution is -2.38. The van der Waals surface area contributed by atoms with Crippen LogP contribution in [0.15, 0.2) is 52.3 Å². The molecular formula is C15H14N4O5S2. The zero-order valence-electron chi connectivity index (χ0n) is 13.4. The van der Waals surface area contributed by atoms with E-state index in [0.717, 1.165) is 10.5 Å². The number of rotatable bonds is 7. The van der Waals surface area contributed by atoms with Crippen molar-refractivity contribution in [2.24, 2.45) is 4.99 Å². The number of hydroxylamine groups is 1. The predicted octanol–water partition coefficient (Wildman–Crippen LogP) is 2.33. The van der Waals surface area contributed by atoms with Gasteiger partial charge in [-0.3, -0.25) is 19.9 Å². The molecule has 1 atom stereocenters. The Bertz CT molecular complexity index is 970. The van der Waals surface area contributed by atoms with Crippen LogP contribution in [0.3, 0.4) is 0 Å². The van der Waals surface area contributed by atoms with E-state index in [1.165, 1.54) is 35.6 Å². The van der Waals surface area contributed by atoms with E-state index in [0.29, 0.717) is 10.6 Å². The number of hydrogen-bond donors (Lipinski definition) is 0. The van der Waals surface area contributed by atoms with Crippen LogP contribution in [0, 0.1) is 10.1 Å². The Morgan fingerprint density at radius 1 is 1.46 bits per heavy atom. The number of aromatic nitrogens is 1. The Morgan fingerprint density at radius 2 is 2.23 bits per heavy atom. The van der Waals surface area contributed by atoms with Crippen LogP contribution in [0.2, 0.25) is 0 Å². The van der Waals surface area contributed by atoms with E-state index in [4.69, 9.17) is 4.84 Å². The normalized spacial score (nSPS) is 16.4. The molecule has 1 aliphatic heterocycles. The van der Waals surface area contributed by atoms with E-state index >= 15 is 0 Å². The monoisotopic (exact) mass is 394 g/mol. The zero-order chi connectivity index (χ0) is 18.7. The molecule has 0 saturated heterocycles. The number of fused-ring (bicyclic) bond motifs is 1. The van der Waals surface area contributed by atoms with E-state index in [-0.39, 0.29) is 13.2 Å². The second kappa shape index (κ2) is 7.41. The Morgan fingerprint density at radius 3 is 2.96 bits per heavy atom. The van der Waals surface area contributed by atoms with Gasteiger partial charge in [-0.05, 0) is 6.07 Å². The molecule has 2 aromatic rings. The van der Waals surface area contributed by atoms with Gasteiger partial charge >= 0.3 is 0 Å². The highest BCUT2D eigenvalue weighted by atomic mass is 32.2. The minimum Gasteiger partial charge on any atom is -0.289 e. The maximum absolute atomic E-state index is 13.2. The number of thiazole rings is 1. The maximum Gasteiger partial charge on any atom is 0.289 e. The number of para-hydroxylation sites is 1. The molecule has 9 nitrogen and oxygen atoms in total. The Hall–Kier alpha value is -2.47. The fraction of sp³-hybridized carbons (Fsp3) is 0.200. The number of nitro groups is 1. The van der Waals surface area contributed by atoms with Crippen molar-refractivity contribution in [3.63, 3.8) is 0 Å². The second-order valence-electron chi connectivity index (χ2n) is 5.18. The molecule has 2 heterocycles. The molecule has 3 rings (SSSR count). The largest absolute Gasteiger partial charge is 0.289 e. The van der Waals surface area contributed by atoms with Crippen LogP contribution in [0.25, 0.3) is 0 Å². The SMILES string of the molecule is C=CCON(C1CN=Cc2ncsc21)S(=O)(=O)c1ccccc1[N+](=O)[O-]. The fourth-order valence-electron chi connectivity index (χ4n) is 2.47. The smallest absolute Gasteiger partial charge is 0.289 e. The summed E-state index contributed by atoms with van der Waals surface area (Å²) in [6.07, 6.45) is 2.95. The van der Waals surface area contributed by atoms with Crippen LogP contribution in [-0.2, 0) is 14.9 Å². The van der Waals surface area contributed by atoms with Gasteiger partial charge in [-0.2, -0.15) is 0 Å². The Kier molecular flexibility index (Phi) is 5.23. The Balaban J connectivity index is 2.10. The number of hydrogen-bond acceptors (Lipinski definition) is 8. The van der Waals surface area contributed by atoms with Gasteiger partial charge in [-0.15, -0.1) is 17.9 Å². The van der Waals surface area contributed by atoms with E-state index in [1.807, 2.05) is 0 Å². The maximum atomic E-state index is 13.2. The lowest BCUT2D eigenvalue weighted by atomic mass is 10.2. The topological polar surface area (TPSA) is 115 Å². The summed E-state index contributed by atoms with van der Waals surface area (Å²) in [7, 11) is -4.34. The summed E-state index contributed by atoms with van der Waals surface area (Å²) in [4.78, 5) is 24.4. The molecule has 1 aliphatic rings. The molecule has 136 valence electrons. The molecule has 0 spiro atoms. The van der Waals surface area contributed by atoms with E-state index in [1.54, 1.807) is 11.7 Å². The van der Waals surface area contributed by atoms with Crippen molar-refractivity contribution in [3.05, 3.63) is 63.1 Å². The van der Waals surface area contributed by atoms with Gasteiger partial charge in [0.25, 0.3) is 15.7 Å². The number of aliphatic imine (C=N–C) groups is 1. The first kappa shape index (κ1) is 18.3. The van der Waals surface area contributed by atoms with E-state index < -0.39 is 31.6 Å². The number of nitro benzene ring substituents is 1. The molecule has 0 amide bonds. The molecule has 0 bridgehead atoms. The van der Waals surface area contributed by atoms with Crippen molar-refractivity contribution in [2.75, 3.05) is 13.2 Å². The summed E-state index contributed by atoms with van der Waals surface area (Å²) < 4.78 is 27.1. The second-order valence-corrected chi connectivity index (χ2v) is 7.82. The van der Waals surface area contributed by atoms with Crippen LogP contribution in [0.5, 0.6) is 0 Å². The van der Waals surface area contributed by atoms with Crippen LogP contribution in [0.1, 0.15) is 16.6 Å². The molecule has 0 aliphatic carbocycles. The van der Waals surface area contributed by atoms with Crippen molar-refractivity contribution in [2.45, 2.75) is 10.9 Å². The molecule has 11 heteroatoms. The molecule has 1 unspecified atom stereocenters. The lowest BCUT2D eigenvalue weighted by molar-refractivity contribution is -0.388. The molecule has 1 aromatic heterocycles. The average Bonchev–Trinajstić information content (AvgIpc) is 3.11. The summed E-state index contributed by atoms with van der Waals surface area (Å²) in [5, 5.41) is 11.3. The minimum absolute atomic E-state index is 0.0891. The quantitative estimate of drug-likeness (QED) is 0.404. The van der Waals surface area contributed by atoms with Gasteiger partial charge in [-0.25, -0.2) is 13.4 Å². The summed E-state index contributed by atoms with van der Waals surface area (Å²) in [5.41, 5.74) is 1.61. The van der Waals surface area contributed by atoms with Gasteiger partial charge in [0.1, 0.15) is 6.04 Å². The molecule has 0 radical (unpaired) electrons. The third-order valence-electron chi connectivity index (χ3n) is 3.57. The molecule has 0 saturated carbocycles.